The minimum absolute atomic E-state index is 0.650. The summed E-state index contributed by atoms with van der Waals surface area (Å²) in [7, 11) is 0. The molecule has 1 N–H and O–H groups in total. The van der Waals surface area contributed by atoms with Crippen LogP contribution in [0.2, 0.25) is 0 Å². The van der Waals surface area contributed by atoms with Gasteiger partial charge in [-0.2, -0.15) is 0 Å². The molecule has 1 saturated carbocycles. The zero-order valence-corrected chi connectivity index (χ0v) is 12.6. The van der Waals surface area contributed by atoms with Crippen molar-refractivity contribution in [2.75, 3.05) is 26.2 Å². The Morgan fingerprint density at radius 1 is 1.06 bits per heavy atom. The topological polar surface area (TPSA) is 15.3 Å². The van der Waals surface area contributed by atoms with E-state index in [4.69, 9.17) is 0 Å². The summed E-state index contributed by atoms with van der Waals surface area (Å²) < 4.78 is 0. The van der Waals surface area contributed by atoms with Crippen LogP contribution >= 0.6 is 0 Å². The molecule has 2 nitrogen and oxygen atoms in total. The fourth-order valence-electron chi connectivity index (χ4n) is 3.57. The molecule has 0 amide bonds. The summed E-state index contributed by atoms with van der Waals surface area (Å²) in [5.74, 6) is 2.83. The molecule has 2 rings (SSSR count). The molecule has 0 spiro atoms. The summed E-state index contributed by atoms with van der Waals surface area (Å²) in [6, 6.07) is 0.650. The van der Waals surface area contributed by atoms with E-state index in [2.05, 4.69) is 31.0 Å². The zero-order chi connectivity index (χ0) is 13.0. The maximum atomic E-state index is 3.66. The molecule has 2 fully saturated rings. The highest BCUT2D eigenvalue weighted by molar-refractivity contribution is 4.83. The first-order valence-electron chi connectivity index (χ1n) is 8.12. The van der Waals surface area contributed by atoms with Crippen LogP contribution in [-0.2, 0) is 0 Å². The lowest BCUT2D eigenvalue weighted by molar-refractivity contribution is 0.0868. The van der Waals surface area contributed by atoms with Gasteiger partial charge in [-0.1, -0.05) is 33.1 Å². The number of hydrogen-bond acceptors (Lipinski definition) is 2. The van der Waals surface area contributed by atoms with Crippen molar-refractivity contribution in [1.29, 1.82) is 0 Å². The van der Waals surface area contributed by atoms with Gasteiger partial charge >= 0.3 is 0 Å². The van der Waals surface area contributed by atoms with Crippen molar-refractivity contribution in [1.82, 2.24) is 10.2 Å². The van der Waals surface area contributed by atoms with Gasteiger partial charge in [0.05, 0.1) is 0 Å². The van der Waals surface area contributed by atoms with Gasteiger partial charge in [-0.05, 0) is 44.1 Å². The quantitative estimate of drug-likeness (QED) is 0.809. The van der Waals surface area contributed by atoms with Crippen LogP contribution in [0.15, 0.2) is 0 Å². The fraction of sp³-hybridized carbons (Fsp3) is 1.00. The molecule has 0 aromatic heterocycles. The highest BCUT2D eigenvalue weighted by Crippen LogP contribution is 2.35. The number of piperidine rings is 1. The Labute approximate surface area is 114 Å². The maximum absolute atomic E-state index is 3.66. The molecular formula is C16H32N2. The first-order valence-corrected chi connectivity index (χ1v) is 8.12. The van der Waals surface area contributed by atoms with E-state index >= 15 is 0 Å². The van der Waals surface area contributed by atoms with E-state index in [1.54, 1.807) is 0 Å². The van der Waals surface area contributed by atoms with Crippen LogP contribution in [0.25, 0.3) is 0 Å². The summed E-state index contributed by atoms with van der Waals surface area (Å²) in [4.78, 5) is 2.70. The fourth-order valence-corrected chi connectivity index (χ4v) is 3.57. The second-order valence-electron chi connectivity index (χ2n) is 6.88. The Morgan fingerprint density at radius 3 is 2.50 bits per heavy atom. The number of fused-ring (bicyclic) bond motifs is 1. The number of nitrogens with zero attached hydrogens (tertiary/aromatic N) is 1. The third kappa shape index (κ3) is 3.96. The third-order valence-electron chi connectivity index (χ3n) is 5.27. The van der Waals surface area contributed by atoms with Crippen LogP contribution in [0.3, 0.4) is 0 Å². The first-order chi connectivity index (χ1) is 8.66. The van der Waals surface area contributed by atoms with Crippen molar-refractivity contribution in [3.63, 3.8) is 0 Å². The second-order valence-corrected chi connectivity index (χ2v) is 6.88. The minimum atomic E-state index is 0.650. The van der Waals surface area contributed by atoms with Crippen molar-refractivity contribution in [3.05, 3.63) is 0 Å². The van der Waals surface area contributed by atoms with Crippen LogP contribution < -0.4 is 5.32 Å². The van der Waals surface area contributed by atoms with Crippen LogP contribution in [0.4, 0.5) is 0 Å². The van der Waals surface area contributed by atoms with Crippen LogP contribution in [0.1, 0.15) is 52.9 Å². The van der Waals surface area contributed by atoms with Crippen molar-refractivity contribution < 1.29 is 0 Å². The molecule has 2 heteroatoms. The molecule has 106 valence electrons. The maximum Gasteiger partial charge on any atom is 0.0107 e. The normalized spacial score (nSPS) is 31.3. The molecule has 18 heavy (non-hydrogen) atoms. The Morgan fingerprint density at radius 2 is 1.78 bits per heavy atom. The second kappa shape index (κ2) is 6.91. The predicted octanol–water partition coefficient (Wildman–Crippen LogP) is 3.13. The minimum Gasteiger partial charge on any atom is -0.313 e. The highest BCUT2D eigenvalue weighted by Gasteiger charge is 2.30. The molecule has 3 unspecified atom stereocenters. The Balaban J connectivity index is 1.65. The van der Waals surface area contributed by atoms with Gasteiger partial charge in [-0.3, -0.25) is 0 Å². The van der Waals surface area contributed by atoms with Crippen LogP contribution in [0.5, 0.6) is 0 Å². The monoisotopic (exact) mass is 252 g/mol. The van der Waals surface area contributed by atoms with E-state index in [0.29, 0.717) is 6.04 Å². The number of likely N-dealkylation sites (tertiary alicyclic amines) is 1. The molecular weight excluding hydrogens is 220 g/mol. The van der Waals surface area contributed by atoms with E-state index < -0.39 is 0 Å². The summed E-state index contributed by atoms with van der Waals surface area (Å²) in [5.41, 5.74) is 0. The number of hydrogen-bond donors (Lipinski definition) is 1. The molecule has 1 saturated heterocycles. The zero-order valence-electron chi connectivity index (χ0n) is 12.6. The average molecular weight is 252 g/mol. The molecule has 2 aliphatic rings. The number of rotatable bonds is 5. The van der Waals surface area contributed by atoms with E-state index in [-0.39, 0.29) is 0 Å². The van der Waals surface area contributed by atoms with Gasteiger partial charge in [0.15, 0.2) is 0 Å². The van der Waals surface area contributed by atoms with Crippen molar-refractivity contribution in [2.45, 2.75) is 58.9 Å². The van der Waals surface area contributed by atoms with Crippen molar-refractivity contribution >= 4 is 0 Å². The molecule has 1 aliphatic heterocycles. The number of nitrogens with one attached hydrogen (secondary N) is 1. The van der Waals surface area contributed by atoms with Crippen molar-refractivity contribution in [2.24, 2.45) is 17.8 Å². The van der Waals surface area contributed by atoms with Gasteiger partial charge in [0.1, 0.15) is 0 Å². The molecule has 0 bridgehead atoms. The van der Waals surface area contributed by atoms with Gasteiger partial charge in [0, 0.05) is 25.7 Å². The van der Waals surface area contributed by atoms with E-state index in [1.807, 2.05) is 0 Å². The average Bonchev–Trinajstić information content (AvgIpc) is 2.38. The van der Waals surface area contributed by atoms with E-state index in [1.165, 1.54) is 51.7 Å². The molecule has 3 atom stereocenters. The van der Waals surface area contributed by atoms with Crippen LogP contribution in [-0.4, -0.2) is 37.1 Å². The predicted molar refractivity (Wildman–Crippen MR) is 78.8 cm³/mol. The lowest BCUT2D eigenvalue weighted by atomic mass is 9.75. The molecule has 0 radical (unpaired) electrons. The summed E-state index contributed by atoms with van der Waals surface area (Å²) >= 11 is 0. The Kier molecular flexibility index (Phi) is 5.50. The largest absolute Gasteiger partial charge is 0.313 e. The van der Waals surface area contributed by atoms with Crippen LogP contribution in [0, 0.1) is 17.8 Å². The molecule has 0 aromatic rings. The van der Waals surface area contributed by atoms with Gasteiger partial charge < -0.3 is 10.2 Å². The van der Waals surface area contributed by atoms with Gasteiger partial charge in [-0.15, -0.1) is 0 Å². The van der Waals surface area contributed by atoms with E-state index in [0.717, 1.165) is 24.3 Å². The standard InChI is InChI=1S/C16H32N2/c1-13(2)14(3)17-9-11-18-10-8-15-6-4-5-7-16(15)12-18/h13-17H,4-12H2,1-3H3. The van der Waals surface area contributed by atoms with Gasteiger partial charge in [0.2, 0.25) is 0 Å². The molecule has 0 aromatic carbocycles. The SMILES string of the molecule is CC(C)C(C)NCCN1CCC2CCCCC2C1. The molecule has 1 aliphatic carbocycles. The first kappa shape index (κ1) is 14.3. The van der Waals surface area contributed by atoms with Gasteiger partial charge in [0.25, 0.3) is 0 Å². The lowest BCUT2D eigenvalue weighted by Crippen LogP contribution is -2.45. The highest BCUT2D eigenvalue weighted by atomic mass is 15.1. The molecule has 1 heterocycles. The Bertz CT molecular complexity index is 239. The lowest BCUT2D eigenvalue weighted by Gasteiger charge is -2.41. The van der Waals surface area contributed by atoms with Crippen molar-refractivity contribution in [3.8, 4) is 0 Å². The Hall–Kier alpha value is -0.0800. The summed E-state index contributed by atoms with van der Waals surface area (Å²) in [6.45, 7) is 12.0. The smallest absolute Gasteiger partial charge is 0.0107 e. The summed E-state index contributed by atoms with van der Waals surface area (Å²) in [6.07, 6.45) is 7.45. The van der Waals surface area contributed by atoms with Gasteiger partial charge in [-0.25, -0.2) is 0 Å². The third-order valence-corrected chi connectivity index (χ3v) is 5.27. The summed E-state index contributed by atoms with van der Waals surface area (Å²) in [5, 5.41) is 3.66. The van der Waals surface area contributed by atoms with E-state index in [9.17, 15) is 0 Å².